The zero-order chi connectivity index (χ0) is 15.0. The van der Waals surface area contributed by atoms with E-state index in [0.717, 1.165) is 29.2 Å². The summed E-state index contributed by atoms with van der Waals surface area (Å²) in [5.41, 5.74) is 7.75. The van der Waals surface area contributed by atoms with Gasteiger partial charge in [-0.2, -0.15) is 0 Å². The number of ether oxygens (including phenoxy) is 2. The highest BCUT2D eigenvalue weighted by Crippen LogP contribution is 2.25. The molecule has 114 valence electrons. The fourth-order valence-electron chi connectivity index (χ4n) is 2.20. The van der Waals surface area contributed by atoms with Crippen LogP contribution in [0.25, 0.3) is 0 Å². The molecular formula is C15H25ClN2O2. The Kier molecular flexibility index (Phi) is 7.92. The molecule has 1 atom stereocenters. The molecule has 1 unspecified atom stereocenters. The Morgan fingerprint density at radius 1 is 1.30 bits per heavy atom. The van der Waals surface area contributed by atoms with Crippen LogP contribution in [0.2, 0.25) is 5.02 Å². The Hall–Kier alpha value is -0.810. The van der Waals surface area contributed by atoms with Crippen LogP contribution in [0.15, 0.2) is 18.2 Å². The maximum absolute atomic E-state index is 6.32. The minimum atomic E-state index is 0.256. The summed E-state index contributed by atoms with van der Waals surface area (Å²) in [5, 5.41) is 0.764. The third-order valence-corrected chi connectivity index (χ3v) is 3.61. The van der Waals surface area contributed by atoms with E-state index in [-0.39, 0.29) is 6.04 Å². The van der Waals surface area contributed by atoms with Crippen LogP contribution in [0.1, 0.15) is 12.5 Å². The van der Waals surface area contributed by atoms with Crippen LogP contribution in [-0.4, -0.2) is 46.6 Å². The first-order valence-corrected chi connectivity index (χ1v) is 7.24. The van der Waals surface area contributed by atoms with Gasteiger partial charge in [0.2, 0.25) is 0 Å². The van der Waals surface area contributed by atoms with Gasteiger partial charge >= 0.3 is 0 Å². The maximum atomic E-state index is 6.32. The molecule has 0 amide bonds. The van der Waals surface area contributed by atoms with Gasteiger partial charge in [0, 0.05) is 37.5 Å². The molecular weight excluding hydrogens is 276 g/mol. The van der Waals surface area contributed by atoms with Gasteiger partial charge in [-0.3, -0.25) is 0 Å². The lowest BCUT2D eigenvalue weighted by molar-refractivity contribution is 0.171. The molecule has 1 aromatic rings. The maximum Gasteiger partial charge on any atom is 0.0663 e. The summed E-state index contributed by atoms with van der Waals surface area (Å²) in [6.07, 6.45) is 0.796. The van der Waals surface area contributed by atoms with Crippen molar-refractivity contribution in [1.29, 1.82) is 0 Å². The van der Waals surface area contributed by atoms with E-state index in [1.54, 1.807) is 14.2 Å². The van der Waals surface area contributed by atoms with Gasteiger partial charge in [0.1, 0.15) is 0 Å². The number of hydrogen-bond acceptors (Lipinski definition) is 4. The number of anilines is 1. The van der Waals surface area contributed by atoms with Gasteiger partial charge in [-0.15, -0.1) is 0 Å². The van der Waals surface area contributed by atoms with Crippen LogP contribution in [0.5, 0.6) is 0 Å². The second-order valence-electron chi connectivity index (χ2n) is 4.80. The number of nitrogens with zero attached hydrogens (tertiary/aromatic N) is 1. The van der Waals surface area contributed by atoms with Crippen molar-refractivity contribution in [2.75, 3.05) is 45.4 Å². The summed E-state index contributed by atoms with van der Waals surface area (Å²) < 4.78 is 10.4. The Morgan fingerprint density at radius 2 is 2.05 bits per heavy atom. The summed E-state index contributed by atoms with van der Waals surface area (Å²) in [4.78, 5) is 2.24. The standard InChI is InChI=1S/C15H25ClN2O2/c1-12(11-20-3)18(8-9-19-2)14-5-4-13(6-7-17)15(16)10-14/h4-5,10,12H,6-9,11,17H2,1-3H3. The Labute approximate surface area is 126 Å². The van der Waals surface area contributed by atoms with E-state index in [1.807, 2.05) is 12.1 Å². The van der Waals surface area contributed by atoms with Gasteiger partial charge in [0.05, 0.1) is 13.2 Å². The van der Waals surface area contributed by atoms with Crippen molar-refractivity contribution in [3.63, 3.8) is 0 Å². The molecule has 0 fully saturated rings. The highest BCUT2D eigenvalue weighted by Gasteiger charge is 2.15. The molecule has 0 saturated heterocycles. The highest BCUT2D eigenvalue weighted by atomic mass is 35.5. The summed E-state index contributed by atoms with van der Waals surface area (Å²) in [7, 11) is 3.42. The quantitative estimate of drug-likeness (QED) is 0.760. The first-order valence-electron chi connectivity index (χ1n) is 6.87. The number of benzene rings is 1. The van der Waals surface area contributed by atoms with Crippen molar-refractivity contribution < 1.29 is 9.47 Å². The van der Waals surface area contributed by atoms with E-state index < -0.39 is 0 Å². The van der Waals surface area contributed by atoms with Gasteiger partial charge in [0.25, 0.3) is 0 Å². The van der Waals surface area contributed by atoms with Crippen molar-refractivity contribution in [1.82, 2.24) is 0 Å². The van der Waals surface area contributed by atoms with Crippen LogP contribution in [0.4, 0.5) is 5.69 Å². The number of hydrogen-bond donors (Lipinski definition) is 1. The zero-order valence-corrected chi connectivity index (χ0v) is 13.3. The van der Waals surface area contributed by atoms with Crippen LogP contribution >= 0.6 is 11.6 Å². The molecule has 1 rings (SSSR count). The fraction of sp³-hybridized carbons (Fsp3) is 0.600. The number of nitrogens with two attached hydrogens (primary N) is 1. The SMILES string of the molecule is COCCN(c1ccc(CCN)c(Cl)c1)C(C)COC. The van der Waals surface area contributed by atoms with Crippen LogP contribution in [0, 0.1) is 0 Å². The minimum absolute atomic E-state index is 0.256. The number of methoxy groups -OCH3 is 2. The van der Waals surface area contributed by atoms with E-state index in [4.69, 9.17) is 26.8 Å². The van der Waals surface area contributed by atoms with Gasteiger partial charge < -0.3 is 20.1 Å². The predicted octanol–water partition coefficient (Wildman–Crippen LogP) is 2.33. The lowest BCUT2D eigenvalue weighted by Crippen LogP contribution is -2.38. The summed E-state index contributed by atoms with van der Waals surface area (Å²) >= 11 is 6.32. The molecule has 4 nitrogen and oxygen atoms in total. The van der Waals surface area contributed by atoms with Crippen LogP contribution in [-0.2, 0) is 15.9 Å². The van der Waals surface area contributed by atoms with Crippen LogP contribution < -0.4 is 10.6 Å². The fourth-order valence-corrected chi connectivity index (χ4v) is 2.47. The van der Waals surface area contributed by atoms with Crippen LogP contribution in [0.3, 0.4) is 0 Å². The topological polar surface area (TPSA) is 47.7 Å². The van der Waals surface area contributed by atoms with Crippen molar-refractivity contribution >= 4 is 17.3 Å². The predicted molar refractivity (Wildman–Crippen MR) is 84.8 cm³/mol. The van der Waals surface area contributed by atoms with Crippen molar-refractivity contribution in [2.45, 2.75) is 19.4 Å². The normalized spacial score (nSPS) is 12.4. The summed E-state index contributed by atoms with van der Waals surface area (Å²) in [6, 6.07) is 6.38. The first-order chi connectivity index (χ1) is 9.63. The van der Waals surface area contributed by atoms with E-state index >= 15 is 0 Å². The molecule has 2 N–H and O–H groups in total. The average Bonchev–Trinajstić information content (AvgIpc) is 2.42. The molecule has 0 saturated carbocycles. The number of halogens is 1. The largest absolute Gasteiger partial charge is 0.383 e. The molecule has 0 aromatic heterocycles. The zero-order valence-electron chi connectivity index (χ0n) is 12.6. The van der Waals surface area contributed by atoms with Crippen molar-refractivity contribution in [3.8, 4) is 0 Å². The third kappa shape index (κ3) is 4.94. The average molecular weight is 301 g/mol. The minimum Gasteiger partial charge on any atom is -0.383 e. The second-order valence-corrected chi connectivity index (χ2v) is 5.21. The van der Waals surface area contributed by atoms with Gasteiger partial charge in [-0.1, -0.05) is 17.7 Å². The smallest absolute Gasteiger partial charge is 0.0663 e. The van der Waals surface area contributed by atoms with E-state index in [9.17, 15) is 0 Å². The van der Waals surface area contributed by atoms with E-state index in [2.05, 4.69) is 17.9 Å². The Morgan fingerprint density at radius 3 is 2.60 bits per heavy atom. The lowest BCUT2D eigenvalue weighted by Gasteiger charge is -2.31. The number of rotatable bonds is 9. The summed E-state index contributed by atoms with van der Waals surface area (Å²) in [5.74, 6) is 0. The van der Waals surface area contributed by atoms with E-state index in [1.165, 1.54) is 0 Å². The molecule has 5 heteroatoms. The molecule has 0 aliphatic heterocycles. The molecule has 0 heterocycles. The summed E-state index contributed by atoms with van der Waals surface area (Å²) in [6.45, 7) is 4.85. The van der Waals surface area contributed by atoms with Gasteiger partial charge in [-0.25, -0.2) is 0 Å². The molecule has 20 heavy (non-hydrogen) atoms. The molecule has 0 radical (unpaired) electrons. The van der Waals surface area contributed by atoms with Gasteiger partial charge in [-0.05, 0) is 37.6 Å². The van der Waals surface area contributed by atoms with Gasteiger partial charge in [0.15, 0.2) is 0 Å². The molecule has 0 aliphatic rings. The molecule has 0 spiro atoms. The Bertz CT molecular complexity index is 401. The third-order valence-electron chi connectivity index (χ3n) is 3.26. The molecule has 0 aliphatic carbocycles. The second kappa shape index (κ2) is 9.19. The lowest BCUT2D eigenvalue weighted by atomic mass is 10.1. The monoisotopic (exact) mass is 300 g/mol. The molecule has 0 bridgehead atoms. The molecule has 1 aromatic carbocycles. The van der Waals surface area contributed by atoms with Crippen molar-refractivity contribution in [3.05, 3.63) is 28.8 Å². The first kappa shape index (κ1) is 17.2. The van der Waals surface area contributed by atoms with E-state index in [0.29, 0.717) is 19.8 Å². The highest BCUT2D eigenvalue weighted by molar-refractivity contribution is 6.31. The Balaban J connectivity index is 2.91. The van der Waals surface area contributed by atoms with Crippen molar-refractivity contribution in [2.24, 2.45) is 5.73 Å².